The zero-order valence-corrected chi connectivity index (χ0v) is 13.3. The topological polar surface area (TPSA) is 64.4 Å². The van der Waals surface area contributed by atoms with Gasteiger partial charge in [-0.05, 0) is 36.5 Å². The minimum atomic E-state index is -4.39. The van der Waals surface area contributed by atoms with E-state index in [9.17, 15) is 18.0 Å². The average molecular weight is 353 g/mol. The van der Waals surface area contributed by atoms with Crippen molar-refractivity contribution in [3.63, 3.8) is 0 Å². The number of nitrogens with two attached hydrogens (primary N) is 1. The van der Waals surface area contributed by atoms with Crippen LogP contribution in [0.1, 0.15) is 24.0 Å². The van der Waals surface area contributed by atoms with Gasteiger partial charge in [0.1, 0.15) is 0 Å². The molecule has 130 valence electrons. The molecule has 0 saturated carbocycles. The first kappa shape index (κ1) is 19.7. The van der Waals surface area contributed by atoms with Crippen molar-refractivity contribution in [3.8, 4) is 0 Å². The molecule has 4 nitrogen and oxygen atoms in total. The Bertz CT molecular complexity index is 520. The van der Waals surface area contributed by atoms with Crippen molar-refractivity contribution >= 4 is 18.3 Å². The molecule has 1 amide bonds. The summed E-state index contributed by atoms with van der Waals surface area (Å²) in [5.41, 5.74) is 5.57. The van der Waals surface area contributed by atoms with Crippen molar-refractivity contribution in [2.75, 3.05) is 13.2 Å². The lowest BCUT2D eigenvalue weighted by atomic mass is 9.92. The van der Waals surface area contributed by atoms with E-state index >= 15 is 0 Å². The number of rotatable bonds is 4. The molecule has 0 aliphatic carbocycles. The molecule has 0 bridgehead atoms. The predicted octanol–water partition coefficient (Wildman–Crippen LogP) is 2.50. The predicted molar refractivity (Wildman–Crippen MR) is 82.1 cm³/mol. The van der Waals surface area contributed by atoms with Gasteiger partial charge in [0.2, 0.25) is 5.91 Å². The number of benzene rings is 1. The number of amides is 1. The van der Waals surface area contributed by atoms with Crippen molar-refractivity contribution in [1.82, 2.24) is 5.32 Å². The minimum Gasteiger partial charge on any atom is -0.381 e. The zero-order valence-electron chi connectivity index (χ0n) is 12.4. The third-order valence-electron chi connectivity index (χ3n) is 3.80. The molecule has 1 fully saturated rings. The fraction of sp³-hybridized carbons (Fsp3) is 0.533. The Hall–Kier alpha value is -1.31. The maximum Gasteiger partial charge on any atom is 0.416 e. The van der Waals surface area contributed by atoms with Crippen LogP contribution in [-0.4, -0.2) is 25.2 Å². The third kappa shape index (κ3) is 5.67. The van der Waals surface area contributed by atoms with Crippen LogP contribution in [0.2, 0.25) is 0 Å². The zero-order chi connectivity index (χ0) is 16.2. The van der Waals surface area contributed by atoms with Crippen LogP contribution >= 0.6 is 12.4 Å². The van der Waals surface area contributed by atoms with E-state index in [4.69, 9.17) is 10.5 Å². The van der Waals surface area contributed by atoms with Crippen LogP contribution in [0.5, 0.6) is 0 Å². The largest absolute Gasteiger partial charge is 0.416 e. The second-order valence-corrected chi connectivity index (χ2v) is 5.39. The molecule has 1 aromatic rings. The van der Waals surface area contributed by atoms with Crippen molar-refractivity contribution < 1.29 is 22.7 Å². The summed E-state index contributed by atoms with van der Waals surface area (Å²) < 4.78 is 43.1. The van der Waals surface area contributed by atoms with Gasteiger partial charge < -0.3 is 15.8 Å². The van der Waals surface area contributed by atoms with Crippen molar-refractivity contribution in [1.29, 1.82) is 0 Å². The van der Waals surface area contributed by atoms with Gasteiger partial charge in [0.25, 0.3) is 0 Å². The summed E-state index contributed by atoms with van der Waals surface area (Å²) in [6.45, 7) is 1.19. The Balaban J connectivity index is 0.00000264. The Labute approximate surface area is 139 Å². The number of ether oxygens (including phenoxy) is 1. The SMILES string of the molecule is Cl.NC(C(=O)NCc1cccc(C(F)(F)F)c1)C1CCOCC1. The van der Waals surface area contributed by atoms with Crippen LogP contribution in [0.4, 0.5) is 13.2 Å². The molecule has 0 radical (unpaired) electrons. The summed E-state index contributed by atoms with van der Waals surface area (Å²) in [5.74, 6) is -0.292. The molecule has 3 N–H and O–H groups in total. The average Bonchev–Trinajstić information content (AvgIpc) is 2.52. The van der Waals surface area contributed by atoms with Gasteiger partial charge in [-0.3, -0.25) is 4.79 Å². The lowest BCUT2D eigenvalue weighted by molar-refractivity contribution is -0.137. The molecule has 1 saturated heterocycles. The van der Waals surface area contributed by atoms with Crippen molar-refractivity contribution in [2.45, 2.75) is 31.6 Å². The number of hydrogen-bond donors (Lipinski definition) is 2. The van der Waals surface area contributed by atoms with E-state index in [-0.39, 0.29) is 30.8 Å². The number of hydrogen-bond acceptors (Lipinski definition) is 3. The van der Waals surface area contributed by atoms with E-state index < -0.39 is 17.8 Å². The van der Waals surface area contributed by atoms with Crippen LogP contribution in [0.25, 0.3) is 0 Å². The van der Waals surface area contributed by atoms with Crippen LogP contribution < -0.4 is 11.1 Å². The molecule has 1 aliphatic rings. The van der Waals surface area contributed by atoms with E-state index in [1.54, 1.807) is 0 Å². The van der Waals surface area contributed by atoms with Gasteiger partial charge in [-0.1, -0.05) is 12.1 Å². The fourth-order valence-corrected chi connectivity index (χ4v) is 2.45. The van der Waals surface area contributed by atoms with Gasteiger partial charge in [0, 0.05) is 19.8 Å². The molecule has 8 heteroatoms. The van der Waals surface area contributed by atoms with E-state index in [0.717, 1.165) is 25.0 Å². The summed E-state index contributed by atoms with van der Waals surface area (Å²) in [6.07, 6.45) is -2.95. The van der Waals surface area contributed by atoms with Crippen LogP contribution in [0.3, 0.4) is 0 Å². The van der Waals surface area contributed by atoms with Gasteiger partial charge in [-0.2, -0.15) is 13.2 Å². The third-order valence-corrected chi connectivity index (χ3v) is 3.80. The first-order chi connectivity index (χ1) is 10.4. The Morgan fingerprint density at radius 3 is 2.61 bits per heavy atom. The van der Waals surface area contributed by atoms with Gasteiger partial charge in [-0.15, -0.1) is 12.4 Å². The minimum absolute atomic E-state index is 0. The number of alkyl halides is 3. The van der Waals surface area contributed by atoms with E-state index in [0.29, 0.717) is 18.8 Å². The van der Waals surface area contributed by atoms with Crippen LogP contribution in [-0.2, 0) is 22.3 Å². The molecule has 2 rings (SSSR count). The van der Waals surface area contributed by atoms with Crippen LogP contribution in [0, 0.1) is 5.92 Å². The maximum absolute atomic E-state index is 12.6. The highest BCUT2D eigenvalue weighted by Gasteiger charge is 2.30. The summed E-state index contributed by atoms with van der Waals surface area (Å²) in [7, 11) is 0. The highest BCUT2D eigenvalue weighted by Crippen LogP contribution is 2.29. The molecular weight excluding hydrogens is 333 g/mol. The Morgan fingerprint density at radius 1 is 1.35 bits per heavy atom. The van der Waals surface area contributed by atoms with E-state index in [1.165, 1.54) is 12.1 Å². The monoisotopic (exact) mass is 352 g/mol. The maximum atomic E-state index is 12.6. The molecule has 1 aliphatic heterocycles. The summed E-state index contributed by atoms with van der Waals surface area (Å²) in [4.78, 5) is 12.0. The van der Waals surface area contributed by atoms with Crippen molar-refractivity contribution in [3.05, 3.63) is 35.4 Å². The summed E-state index contributed by atoms with van der Waals surface area (Å²) in [6, 6.07) is 4.23. The molecule has 0 aromatic heterocycles. The highest BCUT2D eigenvalue weighted by atomic mass is 35.5. The van der Waals surface area contributed by atoms with Crippen LogP contribution in [0.15, 0.2) is 24.3 Å². The van der Waals surface area contributed by atoms with Gasteiger partial charge >= 0.3 is 6.18 Å². The van der Waals surface area contributed by atoms with Crippen molar-refractivity contribution in [2.24, 2.45) is 11.7 Å². The molecule has 23 heavy (non-hydrogen) atoms. The lowest BCUT2D eigenvalue weighted by Crippen LogP contribution is -2.46. The molecule has 1 heterocycles. The highest BCUT2D eigenvalue weighted by molar-refractivity contribution is 5.85. The fourth-order valence-electron chi connectivity index (χ4n) is 2.45. The molecule has 1 unspecified atom stereocenters. The normalized spacial score (nSPS) is 17.2. The smallest absolute Gasteiger partial charge is 0.381 e. The first-order valence-electron chi connectivity index (χ1n) is 7.15. The van der Waals surface area contributed by atoms with Gasteiger partial charge in [0.05, 0.1) is 11.6 Å². The first-order valence-corrected chi connectivity index (χ1v) is 7.15. The second kappa shape index (κ2) is 8.52. The Morgan fingerprint density at radius 2 is 2.00 bits per heavy atom. The summed E-state index contributed by atoms with van der Waals surface area (Å²) >= 11 is 0. The Kier molecular flexibility index (Phi) is 7.31. The standard InChI is InChI=1S/C15H19F3N2O2.ClH/c16-15(17,18)12-3-1-2-10(8-12)9-20-14(21)13(19)11-4-6-22-7-5-11;/h1-3,8,11,13H,4-7,9,19H2,(H,20,21);1H. The van der Waals surface area contributed by atoms with Gasteiger partial charge in [0.15, 0.2) is 0 Å². The van der Waals surface area contributed by atoms with Gasteiger partial charge in [-0.25, -0.2) is 0 Å². The number of carbonyl (C=O) groups excluding carboxylic acids is 1. The number of nitrogens with one attached hydrogen (secondary N) is 1. The number of carbonyl (C=O) groups is 1. The summed E-state index contributed by atoms with van der Waals surface area (Å²) in [5, 5.41) is 2.60. The molecular formula is C15H20ClF3N2O2. The van der Waals surface area contributed by atoms with E-state index in [1.807, 2.05) is 0 Å². The molecule has 1 atom stereocenters. The number of halogens is 4. The molecule has 0 spiro atoms. The second-order valence-electron chi connectivity index (χ2n) is 5.39. The van der Waals surface area contributed by atoms with E-state index in [2.05, 4.69) is 5.32 Å². The quantitative estimate of drug-likeness (QED) is 0.875. The molecule has 1 aromatic carbocycles. The lowest BCUT2D eigenvalue weighted by Gasteiger charge is -2.26.